The lowest BCUT2D eigenvalue weighted by molar-refractivity contribution is 0.220. The van der Waals surface area contributed by atoms with Crippen LogP contribution in [0, 0.1) is 0 Å². The predicted molar refractivity (Wildman–Crippen MR) is 75.5 cm³/mol. The van der Waals surface area contributed by atoms with E-state index in [9.17, 15) is 4.79 Å². The molecule has 1 saturated heterocycles. The van der Waals surface area contributed by atoms with Gasteiger partial charge in [-0.1, -0.05) is 18.2 Å². The van der Waals surface area contributed by atoms with E-state index in [-0.39, 0.29) is 12.2 Å². The molecule has 1 aliphatic rings. The van der Waals surface area contributed by atoms with Crippen LogP contribution in [0.15, 0.2) is 35.1 Å². The van der Waals surface area contributed by atoms with Crippen molar-refractivity contribution >= 4 is 10.8 Å². The summed E-state index contributed by atoms with van der Waals surface area (Å²) >= 11 is 0. The highest BCUT2D eigenvalue weighted by Gasteiger charge is 2.24. The number of aliphatic hydroxyl groups excluding tert-OH is 1. The number of aliphatic hydroxyl groups is 1. The number of hydrogen-bond donors (Lipinski definition) is 2. The van der Waals surface area contributed by atoms with E-state index in [0.717, 1.165) is 36.0 Å². The monoisotopic (exact) mass is 258 g/mol. The normalized spacial score (nSPS) is 20.2. The molecule has 0 saturated carbocycles. The van der Waals surface area contributed by atoms with Gasteiger partial charge in [-0.15, -0.1) is 0 Å². The molecular formula is C15H18N2O2. The fraction of sp³-hybridized carbons (Fsp3) is 0.400. The second-order valence-electron chi connectivity index (χ2n) is 5.15. The van der Waals surface area contributed by atoms with Crippen LogP contribution in [-0.2, 0) is 0 Å². The van der Waals surface area contributed by atoms with Crippen LogP contribution in [0.4, 0.5) is 0 Å². The highest BCUT2D eigenvalue weighted by Crippen LogP contribution is 2.26. The number of benzene rings is 1. The third kappa shape index (κ3) is 2.41. The number of rotatable bonds is 3. The molecule has 2 heterocycles. The Labute approximate surface area is 111 Å². The lowest BCUT2D eigenvalue weighted by Crippen LogP contribution is -2.24. The van der Waals surface area contributed by atoms with Gasteiger partial charge in [0.15, 0.2) is 0 Å². The van der Waals surface area contributed by atoms with Crippen molar-refractivity contribution in [3.8, 4) is 0 Å². The molecule has 4 heteroatoms. The maximum Gasteiger partial charge on any atom is 0.256 e. The number of hydrogen-bond acceptors (Lipinski definition) is 3. The molecule has 3 rings (SSSR count). The summed E-state index contributed by atoms with van der Waals surface area (Å²) in [5.74, 6) is 0.365. The number of H-pyrrole nitrogens is 1. The first-order valence-electron chi connectivity index (χ1n) is 6.73. The van der Waals surface area contributed by atoms with Crippen molar-refractivity contribution in [3.63, 3.8) is 0 Å². The Morgan fingerprint density at radius 1 is 1.37 bits per heavy atom. The molecule has 1 aromatic heterocycles. The van der Waals surface area contributed by atoms with Gasteiger partial charge in [-0.2, -0.15) is 0 Å². The number of pyridine rings is 1. The minimum atomic E-state index is -0.00583. The molecular weight excluding hydrogens is 240 g/mol. The molecule has 0 amide bonds. The second-order valence-corrected chi connectivity index (χ2v) is 5.15. The fourth-order valence-corrected chi connectivity index (χ4v) is 2.88. The third-order valence-electron chi connectivity index (χ3n) is 3.90. The van der Waals surface area contributed by atoms with Gasteiger partial charge in [0.2, 0.25) is 0 Å². The maximum atomic E-state index is 12.1. The SMILES string of the molecule is O=c1[nH]c(C2CCN(CCO)C2)cc2ccccc12. The minimum Gasteiger partial charge on any atom is -0.395 e. The van der Waals surface area contributed by atoms with Crippen LogP contribution in [-0.4, -0.2) is 41.2 Å². The lowest BCUT2D eigenvalue weighted by Gasteiger charge is -2.14. The zero-order valence-corrected chi connectivity index (χ0v) is 10.8. The van der Waals surface area contributed by atoms with Crippen LogP contribution in [0.1, 0.15) is 18.0 Å². The molecule has 0 bridgehead atoms. The average molecular weight is 258 g/mol. The van der Waals surface area contributed by atoms with Crippen molar-refractivity contribution in [2.75, 3.05) is 26.2 Å². The molecule has 100 valence electrons. The minimum absolute atomic E-state index is 0.00583. The number of nitrogens with one attached hydrogen (secondary N) is 1. The molecule has 0 aliphatic carbocycles. The van der Waals surface area contributed by atoms with Gasteiger partial charge in [0.25, 0.3) is 5.56 Å². The van der Waals surface area contributed by atoms with E-state index in [4.69, 9.17) is 5.11 Å². The van der Waals surface area contributed by atoms with Gasteiger partial charge in [0, 0.05) is 30.1 Å². The van der Waals surface area contributed by atoms with E-state index in [1.165, 1.54) is 0 Å². The Morgan fingerprint density at radius 3 is 3.05 bits per heavy atom. The number of fused-ring (bicyclic) bond motifs is 1. The van der Waals surface area contributed by atoms with Crippen molar-refractivity contribution in [1.82, 2.24) is 9.88 Å². The molecule has 0 spiro atoms. The highest BCUT2D eigenvalue weighted by molar-refractivity contribution is 5.81. The van der Waals surface area contributed by atoms with E-state index in [2.05, 4.69) is 16.0 Å². The Kier molecular flexibility index (Phi) is 3.36. The zero-order valence-electron chi connectivity index (χ0n) is 10.8. The molecule has 1 fully saturated rings. The third-order valence-corrected chi connectivity index (χ3v) is 3.90. The molecule has 1 atom stereocenters. The van der Waals surface area contributed by atoms with Gasteiger partial charge >= 0.3 is 0 Å². The first-order valence-corrected chi connectivity index (χ1v) is 6.73. The summed E-state index contributed by atoms with van der Waals surface area (Å²) in [6, 6.07) is 9.76. The topological polar surface area (TPSA) is 56.3 Å². The fourth-order valence-electron chi connectivity index (χ4n) is 2.88. The molecule has 4 nitrogen and oxygen atoms in total. The van der Waals surface area contributed by atoms with Crippen molar-refractivity contribution in [3.05, 3.63) is 46.4 Å². The van der Waals surface area contributed by atoms with E-state index in [0.29, 0.717) is 12.5 Å². The predicted octanol–water partition coefficient (Wildman–Crippen LogP) is 1.31. The van der Waals surface area contributed by atoms with Crippen molar-refractivity contribution in [2.24, 2.45) is 0 Å². The molecule has 1 unspecified atom stereocenters. The lowest BCUT2D eigenvalue weighted by atomic mass is 10.0. The summed E-state index contributed by atoms with van der Waals surface area (Å²) in [5.41, 5.74) is 1.01. The van der Waals surface area contributed by atoms with Gasteiger partial charge in [-0.05, 0) is 30.5 Å². The molecule has 1 aliphatic heterocycles. The first kappa shape index (κ1) is 12.4. The number of aromatic amines is 1. The maximum absolute atomic E-state index is 12.1. The molecule has 2 aromatic rings. The van der Waals surface area contributed by atoms with Gasteiger partial charge in [-0.3, -0.25) is 4.79 Å². The summed E-state index contributed by atoms with van der Waals surface area (Å²) in [5, 5.41) is 10.7. The van der Waals surface area contributed by atoms with Crippen LogP contribution < -0.4 is 5.56 Å². The standard InChI is InChI=1S/C15H18N2O2/c18-8-7-17-6-5-12(10-17)14-9-11-3-1-2-4-13(11)15(19)16-14/h1-4,9,12,18H,5-8,10H2,(H,16,19). The largest absolute Gasteiger partial charge is 0.395 e. The zero-order chi connectivity index (χ0) is 13.2. The Bertz CT molecular complexity index is 635. The first-order chi connectivity index (χ1) is 9.28. The van der Waals surface area contributed by atoms with E-state index in [1.54, 1.807) is 0 Å². The molecule has 2 N–H and O–H groups in total. The van der Waals surface area contributed by atoms with Crippen molar-refractivity contribution < 1.29 is 5.11 Å². The van der Waals surface area contributed by atoms with E-state index < -0.39 is 0 Å². The Hall–Kier alpha value is -1.65. The number of likely N-dealkylation sites (tertiary alicyclic amines) is 1. The van der Waals surface area contributed by atoms with E-state index in [1.807, 2.05) is 24.3 Å². The van der Waals surface area contributed by atoms with Crippen LogP contribution in [0.5, 0.6) is 0 Å². The smallest absolute Gasteiger partial charge is 0.256 e. The summed E-state index contributed by atoms with van der Waals surface area (Å²) in [6.07, 6.45) is 1.04. The molecule has 19 heavy (non-hydrogen) atoms. The van der Waals surface area contributed by atoms with Crippen LogP contribution in [0.25, 0.3) is 10.8 Å². The second kappa shape index (κ2) is 5.15. The van der Waals surface area contributed by atoms with E-state index >= 15 is 0 Å². The summed E-state index contributed by atoms with van der Waals surface area (Å²) in [4.78, 5) is 17.3. The number of β-amino-alcohol motifs (C(OH)–C–C–N with tert-alkyl or cyclic N) is 1. The van der Waals surface area contributed by atoms with Gasteiger partial charge < -0.3 is 15.0 Å². The number of nitrogens with zero attached hydrogens (tertiary/aromatic N) is 1. The van der Waals surface area contributed by atoms with Crippen LogP contribution >= 0.6 is 0 Å². The van der Waals surface area contributed by atoms with Crippen LogP contribution in [0.2, 0.25) is 0 Å². The molecule has 0 radical (unpaired) electrons. The quantitative estimate of drug-likeness (QED) is 0.872. The summed E-state index contributed by atoms with van der Waals surface area (Å²) in [6.45, 7) is 2.81. The van der Waals surface area contributed by atoms with Gasteiger partial charge in [-0.25, -0.2) is 0 Å². The van der Waals surface area contributed by atoms with Crippen molar-refractivity contribution in [2.45, 2.75) is 12.3 Å². The van der Waals surface area contributed by atoms with Gasteiger partial charge in [0.05, 0.1) is 6.61 Å². The Balaban J connectivity index is 1.92. The van der Waals surface area contributed by atoms with Crippen molar-refractivity contribution in [1.29, 1.82) is 0 Å². The highest BCUT2D eigenvalue weighted by atomic mass is 16.3. The number of aromatic nitrogens is 1. The average Bonchev–Trinajstić information content (AvgIpc) is 2.88. The summed E-state index contributed by atoms with van der Waals surface area (Å²) in [7, 11) is 0. The van der Waals surface area contributed by atoms with Gasteiger partial charge in [0.1, 0.15) is 0 Å². The van der Waals surface area contributed by atoms with Crippen LogP contribution in [0.3, 0.4) is 0 Å². The summed E-state index contributed by atoms with van der Waals surface area (Å²) < 4.78 is 0. The Morgan fingerprint density at radius 2 is 2.21 bits per heavy atom. The molecule has 1 aromatic carbocycles.